The number of amides is 1. The molecule has 0 spiro atoms. The highest BCUT2D eigenvalue weighted by atomic mass is 32.1. The molecule has 1 aliphatic heterocycles. The van der Waals surface area contributed by atoms with Gasteiger partial charge in [0.15, 0.2) is 5.58 Å². The third-order valence-electron chi connectivity index (χ3n) is 5.32. The molecule has 3 heterocycles. The molecule has 1 N–H and O–H groups in total. The minimum absolute atomic E-state index is 0.106. The number of rotatable bonds is 6. The molecular weight excluding hydrogens is 412 g/mol. The van der Waals surface area contributed by atoms with Crippen molar-refractivity contribution in [3.63, 3.8) is 0 Å². The summed E-state index contributed by atoms with van der Waals surface area (Å²) in [5, 5.41) is 10.9. The number of benzene rings is 2. The number of aromatic nitrogens is 2. The van der Waals surface area contributed by atoms with E-state index in [1.165, 1.54) is 0 Å². The summed E-state index contributed by atoms with van der Waals surface area (Å²) in [7, 11) is 0. The smallest absolute Gasteiger partial charge is 0.251 e. The van der Waals surface area contributed by atoms with Crippen molar-refractivity contribution in [2.75, 3.05) is 39.4 Å². The van der Waals surface area contributed by atoms with Crippen LogP contribution in [0.2, 0.25) is 0 Å². The van der Waals surface area contributed by atoms with E-state index in [0.29, 0.717) is 23.4 Å². The van der Waals surface area contributed by atoms with E-state index in [1.807, 2.05) is 41.8 Å². The zero-order valence-corrected chi connectivity index (χ0v) is 17.7. The predicted octanol–water partition coefficient (Wildman–Crippen LogP) is 3.68. The highest BCUT2D eigenvalue weighted by molar-refractivity contribution is 7.13. The normalized spacial score (nSPS) is 14.7. The van der Waals surface area contributed by atoms with E-state index in [0.717, 1.165) is 54.5 Å². The molecule has 0 radical (unpaired) electrons. The summed E-state index contributed by atoms with van der Waals surface area (Å²) in [6.45, 7) is 4.73. The standard InChI is InChI=1S/C23H22N4O3S/c28-22(24-8-9-27-10-12-29-13-11-27)17-6-7-20-18(14-17)21(26-30-20)19-15-31-23(25-19)16-4-2-1-3-5-16/h1-7,14-15H,8-13H2,(H,24,28). The molecule has 0 saturated carbocycles. The van der Waals surface area contributed by atoms with Crippen LogP contribution in [0.5, 0.6) is 0 Å². The van der Waals surface area contributed by atoms with Gasteiger partial charge in [0.2, 0.25) is 0 Å². The van der Waals surface area contributed by atoms with Gasteiger partial charge in [0, 0.05) is 42.7 Å². The van der Waals surface area contributed by atoms with E-state index in [-0.39, 0.29) is 5.91 Å². The number of thiazole rings is 1. The molecule has 2 aromatic heterocycles. The largest absolute Gasteiger partial charge is 0.379 e. The van der Waals surface area contributed by atoms with Gasteiger partial charge in [0.05, 0.1) is 18.6 Å². The van der Waals surface area contributed by atoms with E-state index in [1.54, 1.807) is 23.5 Å². The first-order valence-corrected chi connectivity index (χ1v) is 11.1. The molecule has 7 nitrogen and oxygen atoms in total. The van der Waals surface area contributed by atoms with Gasteiger partial charge in [0.25, 0.3) is 5.91 Å². The first kappa shape index (κ1) is 19.9. The van der Waals surface area contributed by atoms with Crippen LogP contribution in [0.3, 0.4) is 0 Å². The Hall–Kier alpha value is -3.07. The average Bonchev–Trinajstić information content (AvgIpc) is 3.47. The van der Waals surface area contributed by atoms with Gasteiger partial charge in [0.1, 0.15) is 16.4 Å². The molecule has 2 aromatic carbocycles. The van der Waals surface area contributed by atoms with Gasteiger partial charge in [-0.1, -0.05) is 35.5 Å². The molecule has 5 rings (SSSR count). The fourth-order valence-electron chi connectivity index (χ4n) is 3.61. The Morgan fingerprint density at radius 2 is 1.97 bits per heavy atom. The van der Waals surface area contributed by atoms with Gasteiger partial charge in [-0.3, -0.25) is 9.69 Å². The van der Waals surface area contributed by atoms with Gasteiger partial charge >= 0.3 is 0 Å². The maximum atomic E-state index is 12.7. The third-order valence-corrected chi connectivity index (χ3v) is 6.21. The van der Waals surface area contributed by atoms with Gasteiger partial charge in [-0.2, -0.15) is 0 Å². The van der Waals surface area contributed by atoms with Crippen LogP contribution in [0.15, 0.2) is 58.4 Å². The van der Waals surface area contributed by atoms with Crippen molar-refractivity contribution < 1.29 is 14.1 Å². The number of hydrogen-bond donors (Lipinski definition) is 1. The first-order chi connectivity index (χ1) is 15.3. The molecule has 31 heavy (non-hydrogen) atoms. The Morgan fingerprint density at radius 3 is 2.81 bits per heavy atom. The highest BCUT2D eigenvalue weighted by Gasteiger charge is 2.17. The van der Waals surface area contributed by atoms with Gasteiger partial charge in [-0.15, -0.1) is 11.3 Å². The van der Waals surface area contributed by atoms with Crippen molar-refractivity contribution >= 4 is 28.2 Å². The Kier molecular flexibility index (Phi) is 5.75. The lowest BCUT2D eigenvalue weighted by Gasteiger charge is -2.26. The second-order valence-electron chi connectivity index (χ2n) is 7.36. The van der Waals surface area contributed by atoms with Gasteiger partial charge in [-0.25, -0.2) is 4.98 Å². The number of hydrogen-bond acceptors (Lipinski definition) is 7. The Bertz CT molecular complexity index is 1180. The van der Waals surface area contributed by atoms with E-state index in [9.17, 15) is 4.79 Å². The molecule has 1 amide bonds. The molecule has 0 unspecified atom stereocenters. The topological polar surface area (TPSA) is 80.5 Å². The van der Waals surface area contributed by atoms with Crippen LogP contribution in [0.1, 0.15) is 10.4 Å². The number of morpholine rings is 1. The predicted molar refractivity (Wildman–Crippen MR) is 120 cm³/mol. The molecule has 158 valence electrons. The summed E-state index contributed by atoms with van der Waals surface area (Å²) >= 11 is 1.56. The zero-order valence-electron chi connectivity index (χ0n) is 16.9. The highest BCUT2D eigenvalue weighted by Crippen LogP contribution is 2.32. The number of ether oxygens (including phenoxy) is 1. The summed E-state index contributed by atoms with van der Waals surface area (Å²) in [6.07, 6.45) is 0. The monoisotopic (exact) mass is 434 g/mol. The minimum Gasteiger partial charge on any atom is -0.379 e. The third kappa shape index (κ3) is 4.36. The summed E-state index contributed by atoms with van der Waals surface area (Å²) in [5.41, 5.74) is 3.67. The van der Waals surface area contributed by atoms with E-state index in [2.05, 4.69) is 15.4 Å². The number of nitrogens with zero attached hydrogens (tertiary/aromatic N) is 3. The second kappa shape index (κ2) is 8.97. The summed E-state index contributed by atoms with van der Waals surface area (Å²) in [4.78, 5) is 19.7. The number of nitrogens with one attached hydrogen (secondary N) is 1. The van der Waals surface area contributed by atoms with Crippen LogP contribution < -0.4 is 5.32 Å². The Labute approximate surface area is 183 Å². The summed E-state index contributed by atoms with van der Waals surface area (Å²) < 4.78 is 10.8. The van der Waals surface area contributed by atoms with E-state index < -0.39 is 0 Å². The van der Waals surface area contributed by atoms with Crippen molar-refractivity contribution in [1.82, 2.24) is 20.4 Å². The van der Waals surface area contributed by atoms with Crippen molar-refractivity contribution in [2.45, 2.75) is 0 Å². The number of carbonyl (C=O) groups excluding carboxylic acids is 1. The number of carbonyl (C=O) groups is 1. The van der Waals surface area contributed by atoms with Crippen LogP contribution in [0.4, 0.5) is 0 Å². The molecular formula is C23H22N4O3S. The Balaban J connectivity index is 1.32. The SMILES string of the molecule is O=C(NCCN1CCOCC1)c1ccc2onc(-c3csc(-c4ccccc4)n3)c2c1. The molecule has 1 fully saturated rings. The lowest BCUT2D eigenvalue weighted by molar-refractivity contribution is 0.0383. The first-order valence-electron chi connectivity index (χ1n) is 10.3. The lowest BCUT2D eigenvalue weighted by atomic mass is 10.1. The van der Waals surface area contributed by atoms with Crippen molar-refractivity contribution in [2.24, 2.45) is 0 Å². The average molecular weight is 435 g/mol. The molecule has 1 saturated heterocycles. The van der Waals surface area contributed by atoms with Crippen LogP contribution in [-0.4, -0.2) is 60.3 Å². The quantitative estimate of drug-likeness (QED) is 0.499. The van der Waals surface area contributed by atoms with E-state index in [4.69, 9.17) is 14.2 Å². The lowest BCUT2D eigenvalue weighted by Crippen LogP contribution is -2.41. The molecule has 0 bridgehead atoms. The van der Waals surface area contributed by atoms with Crippen molar-refractivity contribution in [3.8, 4) is 22.0 Å². The minimum atomic E-state index is -0.106. The molecule has 8 heteroatoms. The van der Waals surface area contributed by atoms with Crippen LogP contribution in [0, 0.1) is 0 Å². The van der Waals surface area contributed by atoms with Crippen molar-refractivity contribution in [3.05, 3.63) is 59.5 Å². The fraction of sp³-hybridized carbons (Fsp3) is 0.261. The second-order valence-corrected chi connectivity index (χ2v) is 8.21. The number of fused-ring (bicyclic) bond motifs is 1. The maximum Gasteiger partial charge on any atom is 0.251 e. The van der Waals surface area contributed by atoms with E-state index >= 15 is 0 Å². The maximum absolute atomic E-state index is 12.7. The Morgan fingerprint density at radius 1 is 1.13 bits per heavy atom. The van der Waals surface area contributed by atoms with Gasteiger partial charge < -0.3 is 14.6 Å². The summed E-state index contributed by atoms with van der Waals surface area (Å²) in [5.74, 6) is -0.106. The van der Waals surface area contributed by atoms with Crippen LogP contribution in [0.25, 0.3) is 32.9 Å². The fourth-order valence-corrected chi connectivity index (χ4v) is 4.43. The zero-order chi connectivity index (χ0) is 21.0. The van der Waals surface area contributed by atoms with Crippen LogP contribution in [-0.2, 0) is 4.74 Å². The van der Waals surface area contributed by atoms with Gasteiger partial charge in [-0.05, 0) is 18.2 Å². The summed E-state index contributed by atoms with van der Waals surface area (Å²) in [6, 6.07) is 15.4. The molecule has 4 aromatic rings. The molecule has 0 aliphatic carbocycles. The van der Waals surface area contributed by atoms with Crippen molar-refractivity contribution in [1.29, 1.82) is 0 Å². The molecule has 1 aliphatic rings. The molecule has 0 atom stereocenters. The van der Waals surface area contributed by atoms with Crippen LogP contribution >= 0.6 is 11.3 Å².